The maximum Gasteiger partial charge on any atom is 0.140 e. The van der Waals surface area contributed by atoms with Gasteiger partial charge in [-0.2, -0.15) is 0 Å². The van der Waals surface area contributed by atoms with E-state index >= 15 is 0 Å². The quantitative estimate of drug-likeness (QED) is 0.634. The van der Waals surface area contributed by atoms with E-state index in [-0.39, 0.29) is 6.10 Å². The molecule has 140 valence electrons. The molecule has 4 rings (SSSR count). The molecule has 0 spiro atoms. The highest BCUT2D eigenvalue weighted by Crippen LogP contribution is 2.35. The van der Waals surface area contributed by atoms with Crippen LogP contribution < -0.4 is 4.74 Å². The third-order valence-electron chi connectivity index (χ3n) is 5.16. The van der Waals surface area contributed by atoms with Crippen molar-refractivity contribution in [1.82, 2.24) is 19.7 Å². The summed E-state index contributed by atoms with van der Waals surface area (Å²) in [5, 5.41) is 9.54. The average molecular weight is 383 g/mol. The number of halogens is 1. The zero-order chi connectivity index (χ0) is 18.8. The van der Waals surface area contributed by atoms with Crippen molar-refractivity contribution < 1.29 is 4.74 Å². The number of aromatic nitrogens is 4. The number of benzene rings is 1. The second-order valence-corrected chi connectivity index (χ2v) is 7.58. The van der Waals surface area contributed by atoms with Crippen LogP contribution >= 0.6 is 11.6 Å². The Balaban J connectivity index is 1.45. The monoisotopic (exact) mass is 382 g/mol. The Morgan fingerprint density at radius 3 is 2.37 bits per heavy atom. The standard InChI is InChI=1S/C21H23ClN4O/c1-14-3-10-20(13-23-14)27-19-11-4-16(5-12-19)21-25-24-15(2)26(21)18-8-6-17(22)7-9-18/h3,6-10,13,16,19H,4-5,11-12H2,1-2H3/t16-,19-. The van der Waals surface area contributed by atoms with Gasteiger partial charge in [0.25, 0.3) is 0 Å². The molecule has 1 fully saturated rings. The van der Waals surface area contributed by atoms with Gasteiger partial charge in [-0.1, -0.05) is 11.6 Å². The normalized spacial score (nSPS) is 19.8. The molecule has 2 aromatic heterocycles. The topological polar surface area (TPSA) is 52.8 Å². The predicted molar refractivity (Wildman–Crippen MR) is 106 cm³/mol. The highest BCUT2D eigenvalue weighted by molar-refractivity contribution is 6.30. The number of hydrogen-bond acceptors (Lipinski definition) is 4. The molecule has 0 unspecified atom stereocenters. The Labute approximate surface area is 164 Å². The van der Waals surface area contributed by atoms with Crippen LogP contribution in [0.5, 0.6) is 5.75 Å². The molecule has 0 saturated heterocycles. The summed E-state index contributed by atoms with van der Waals surface area (Å²) in [6.07, 6.45) is 6.13. The number of pyridine rings is 1. The van der Waals surface area contributed by atoms with E-state index in [4.69, 9.17) is 16.3 Å². The minimum absolute atomic E-state index is 0.235. The first-order valence-corrected chi connectivity index (χ1v) is 9.75. The summed E-state index contributed by atoms with van der Waals surface area (Å²) in [6, 6.07) is 11.8. The first-order valence-electron chi connectivity index (χ1n) is 9.37. The van der Waals surface area contributed by atoms with Crippen molar-refractivity contribution in [1.29, 1.82) is 0 Å². The van der Waals surface area contributed by atoms with E-state index in [1.165, 1.54) is 0 Å². The lowest BCUT2D eigenvalue weighted by molar-refractivity contribution is 0.144. The summed E-state index contributed by atoms with van der Waals surface area (Å²) in [5.74, 6) is 3.17. The lowest BCUT2D eigenvalue weighted by Crippen LogP contribution is -2.24. The van der Waals surface area contributed by atoms with E-state index in [9.17, 15) is 0 Å². The van der Waals surface area contributed by atoms with Crippen molar-refractivity contribution in [3.8, 4) is 11.4 Å². The zero-order valence-corrected chi connectivity index (χ0v) is 16.4. The fraction of sp³-hybridized carbons (Fsp3) is 0.381. The van der Waals surface area contributed by atoms with Gasteiger partial charge in [0, 0.05) is 22.3 Å². The maximum atomic E-state index is 6.11. The molecule has 0 radical (unpaired) electrons. The van der Waals surface area contributed by atoms with Crippen molar-refractivity contribution in [3.05, 3.63) is 65.0 Å². The van der Waals surface area contributed by atoms with Crippen molar-refractivity contribution in [3.63, 3.8) is 0 Å². The number of hydrogen-bond donors (Lipinski definition) is 0. The molecule has 2 heterocycles. The number of ether oxygens (including phenoxy) is 1. The average Bonchev–Trinajstić information content (AvgIpc) is 3.06. The first kappa shape index (κ1) is 18.0. The van der Waals surface area contributed by atoms with Crippen LogP contribution in [0.15, 0.2) is 42.6 Å². The van der Waals surface area contributed by atoms with Crippen molar-refractivity contribution in [2.24, 2.45) is 0 Å². The summed E-state index contributed by atoms with van der Waals surface area (Å²) in [6.45, 7) is 3.97. The Morgan fingerprint density at radius 1 is 0.963 bits per heavy atom. The summed E-state index contributed by atoms with van der Waals surface area (Å²) in [5.41, 5.74) is 2.06. The highest BCUT2D eigenvalue weighted by atomic mass is 35.5. The van der Waals surface area contributed by atoms with Gasteiger partial charge in [0.05, 0.1) is 12.3 Å². The molecular weight excluding hydrogens is 360 g/mol. The first-order chi connectivity index (χ1) is 13.1. The molecule has 0 aliphatic heterocycles. The van der Waals surface area contributed by atoms with Gasteiger partial charge < -0.3 is 4.74 Å². The third-order valence-corrected chi connectivity index (χ3v) is 5.41. The van der Waals surface area contributed by atoms with Crippen LogP contribution in [0.25, 0.3) is 5.69 Å². The molecule has 27 heavy (non-hydrogen) atoms. The SMILES string of the molecule is Cc1ccc(O[C@H]2CC[C@H](c3nnc(C)n3-c3ccc(Cl)cc3)CC2)cn1. The van der Waals surface area contributed by atoms with Gasteiger partial charge in [-0.05, 0) is 75.9 Å². The van der Waals surface area contributed by atoms with E-state index in [1.807, 2.05) is 56.4 Å². The number of rotatable bonds is 4. The summed E-state index contributed by atoms with van der Waals surface area (Å²) < 4.78 is 8.25. The lowest BCUT2D eigenvalue weighted by atomic mass is 9.86. The third kappa shape index (κ3) is 3.98. The molecule has 6 heteroatoms. The van der Waals surface area contributed by atoms with Crippen LogP contribution in [0.3, 0.4) is 0 Å². The molecule has 0 bridgehead atoms. The van der Waals surface area contributed by atoms with E-state index in [1.54, 1.807) is 0 Å². The summed E-state index contributed by atoms with van der Waals surface area (Å²) in [4.78, 5) is 4.31. The lowest BCUT2D eigenvalue weighted by Gasteiger charge is -2.28. The second-order valence-electron chi connectivity index (χ2n) is 7.14. The molecule has 1 saturated carbocycles. The summed E-state index contributed by atoms with van der Waals surface area (Å²) >= 11 is 6.03. The van der Waals surface area contributed by atoms with Gasteiger partial charge in [-0.15, -0.1) is 10.2 Å². The molecule has 1 aliphatic rings. The second kappa shape index (κ2) is 7.69. The molecule has 3 aromatic rings. The van der Waals surface area contributed by atoms with E-state index in [0.29, 0.717) is 5.92 Å². The molecular formula is C21H23ClN4O. The van der Waals surface area contributed by atoms with Crippen LogP contribution in [0.4, 0.5) is 0 Å². The predicted octanol–water partition coefficient (Wildman–Crippen LogP) is 5.04. The molecule has 0 N–H and O–H groups in total. The fourth-order valence-corrected chi connectivity index (χ4v) is 3.83. The van der Waals surface area contributed by atoms with Gasteiger partial charge in [0.15, 0.2) is 0 Å². The minimum Gasteiger partial charge on any atom is -0.489 e. The Bertz CT molecular complexity index is 897. The van der Waals surface area contributed by atoms with Crippen molar-refractivity contribution in [2.45, 2.75) is 51.6 Å². The van der Waals surface area contributed by atoms with Gasteiger partial charge >= 0.3 is 0 Å². The van der Waals surface area contributed by atoms with Crippen LogP contribution in [0, 0.1) is 13.8 Å². The Hall–Kier alpha value is -2.40. The molecule has 1 aliphatic carbocycles. The molecule has 0 amide bonds. The maximum absolute atomic E-state index is 6.11. The van der Waals surface area contributed by atoms with Crippen molar-refractivity contribution in [2.75, 3.05) is 0 Å². The van der Waals surface area contributed by atoms with E-state index in [2.05, 4.69) is 19.7 Å². The number of nitrogens with zero attached hydrogens (tertiary/aromatic N) is 4. The van der Waals surface area contributed by atoms with Gasteiger partial charge in [0.1, 0.15) is 17.4 Å². The van der Waals surface area contributed by atoms with Crippen LogP contribution in [-0.4, -0.2) is 25.9 Å². The van der Waals surface area contributed by atoms with Gasteiger partial charge in [0.2, 0.25) is 0 Å². The zero-order valence-electron chi connectivity index (χ0n) is 15.6. The number of aryl methyl sites for hydroxylation is 2. The van der Waals surface area contributed by atoms with Gasteiger partial charge in [-0.3, -0.25) is 9.55 Å². The van der Waals surface area contributed by atoms with Crippen LogP contribution in [-0.2, 0) is 0 Å². The van der Waals surface area contributed by atoms with Gasteiger partial charge in [-0.25, -0.2) is 0 Å². The minimum atomic E-state index is 0.235. The van der Waals surface area contributed by atoms with Crippen LogP contribution in [0.1, 0.15) is 48.9 Å². The molecule has 1 aromatic carbocycles. The molecule has 5 nitrogen and oxygen atoms in total. The van der Waals surface area contributed by atoms with E-state index in [0.717, 1.165) is 59.5 Å². The smallest absolute Gasteiger partial charge is 0.140 e. The fourth-order valence-electron chi connectivity index (χ4n) is 3.71. The summed E-state index contributed by atoms with van der Waals surface area (Å²) in [7, 11) is 0. The highest BCUT2D eigenvalue weighted by Gasteiger charge is 2.28. The largest absolute Gasteiger partial charge is 0.489 e. The van der Waals surface area contributed by atoms with Crippen molar-refractivity contribution >= 4 is 11.6 Å². The molecule has 0 atom stereocenters. The van der Waals surface area contributed by atoms with E-state index < -0.39 is 0 Å². The Kier molecular flexibility index (Phi) is 5.12. The Morgan fingerprint density at radius 2 is 1.70 bits per heavy atom. The van der Waals surface area contributed by atoms with Crippen LogP contribution in [0.2, 0.25) is 5.02 Å².